The van der Waals surface area contributed by atoms with Crippen molar-refractivity contribution in [3.63, 3.8) is 0 Å². The topological polar surface area (TPSA) is 34.1 Å². The highest BCUT2D eigenvalue weighted by Crippen LogP contribution is 2.10. The number of piperidine rings is 1. The number of halogens is 2. The Labute approximate surface area is 115 Å². The molecule has 98 valence electrons. The van der Waals surface area contributed by atoms with Crippen molar-refractivity contribution in [1.82, 2.24) is 10.3 Å². The molecule has 0 saturated carbocycles. The van der Waals surface area contributed by atoms with Gasteiger partial charge in [0.2, 0.25) is 0 Å². The summed E-state index contributed by atoms with van der Waals surface area (Å²) in [5, 5.41) is 3.39. The van der Waals surface area contributed by atoms with Crippen molar-refractivity contribution in [2.45, 2.75) is 19.4 Å². The predicted octanol–water partition coefficient (Wildman–Crippen LogP) is 2.44. The second-order valence-corrected chi connectivity index (χ2v) is 4.05. The zero-order valence-corrected chi connectivity index (χ0v) is 11.4. The Kier molecular flexibility index (Phi) is 9.46. The van der Waals surface area contributed by atoms with Gasteiger partial charge in [0.25, 0.3) is 0 Å². The Bertz CT molecular complexity index is 279. The molecule has 1 fully saturated rings. The summed E-state index contributed by atoms with van der Waals surface area (Å²) in [6, 6.07) is 5.92. The first-order valence-electron chi connectivity index (χ1n) is 5.63. The molecule has 1 aromatic heterocycles. The van der Waals surface area contributed by atoms with Gasteiger partial charge >= 0.3 is 0 Å². The van der Waals surface area contributed by atoms with Crippen LogP contribution >= 0.6 is 24.8 Å². The molecule has 1 aromatic rings. The van der Waals surface area contributed by atoms with Gasteiger partial charge < -0.3 is 10.1 Å². The molecular formula is C12H20Cl2N2O. The molecule has 1 atom stereocenters. The standard InChI is InChI=1S/C12H18N2O.2ClH/c1-2-7-14-12(5-1)10-15-9-11-4-3-6-13-8-11;;/h1-2,5,7,11,13H,3-4,6,8-10H2;2*1H. The summed E-state index contributed by atoms with van der Waals surface area (Å²) in [5.74, 6) is 0.683. The fourth-order valence-electron chi connectivity index (χ4n) is 1.88. The number of nitrogens with zero attached hydrogens (tertiary/aromatic N) is 1. The molecule has 1 unspecified atom stereocenters. The molecule has 5 heteroatoms. The quantitative estimate of drug-likeness (QED) is 0.919. The van der Waals surface area contributed by atoms with Crippen LogP contribution in [0.25, 0.3) is 0 Å². The van der Waals surface area contributed by atoms with Crippen molar-refractivity contribution >= 4 is 24.8 Å². The minimum atomic E-state index is 0. The maximum Gasteiger partial charge on any atom is 0.0887 e. The Balaban J connectivity index is 0.00000128. The van der Waals surface area contributed by atoms with E-state index in [1.54, 1.807) is 6.20 Å². The first kappa shape index (κ1) is 16.6. The molecule has 0 amide bonds. The van der Waals surface area contributed by atoms with Gasteiger partial charge in [-0.1, -0.05) is 6.07 Å². The van der Waals surface area contributed by atoms with Crippen LogP contribution in [0.2, 0.25) is 0 Å². The minimum Gasteiger partial charge on any atom is -0.375 e. The summed E-state index contributed by atoms with van der Waals surface area (Å²) in [5.41, 5.74) is 1.02. The van der Waals surface area contributed by atoms with Crippen molar-refractivity contribution in [1.29, 1.82) is 0 Å². The van der Waals surface area contributed by atoms with Gasteiger partial charge in [0, 0.05) is 12.7 Å². The molecule has 1 saturated heterocycles. The van der Waals surface area contributed by atoms with E-state index < -0.39 is 0 Å². The highest BCUT2D eigenvalue weighted by atomic mass is 35.5. The lowest BCUT2D eigenvalue weighted by Gasteiger charge is -2.22. The molecule has 17 heavy (non-hydrogen) atoms. The maximum absolute atomic E-state index is 5.66. The van der Waals surface area contributed by atoms with Gasteiger partial charge in [-0.2, -0.15) is 0 Å². The van der Waals surface area contributed by atoms with Gasteiger partial charge in [-0.05, 0) is 37.4 Å². The zero-order valence-electron chi connectivity index (χ0n) is 9.80. The molecule has 0 radical (unpaired) electrons. The third-order valence-electron chi connectivity index (χ3n) is 2.73. The van der Waals surface area contributed by atoms with Crippen LogP contribution in [-0.4, -0.2) is 24.7 Å². The average molecular weight is 279 g/mol. The normalized spacial score (nSPS) is 18.9. The molecule has 0 aliphatic carbocycles. The largest absolute Gasteiger partial charge is 0.375 e. The zero-order chi connectivity index (χ0) is 10.3. The van der Waals surface area contributed by atoms with E-state index >= 15 is 0 Å². The van der Waals surface area contributed by atoms with Crippen molar-refractivity contribution in [3.8, 4) is 0 Å². The van der Waals surface area contributed by atoms with Gasteiger partial charge in [-0.15, -0.1) is 24.8 Å². The highest BCUT2D eigenvalue weighted by Gasteiger charge is 2.12. The van der Waals surface area contributed by atoms with Gasteiger partial charge in [0.05, 0.1) is 18.9 Å². The number of hydrogen-bond acceptors (Lipinski definition) is 3. The molecular weight excluding hydrogens is 259 g/mol. The Morgan fingerprint density at radius 3 is 2.88 bits per heavy atom. The minimum absolute atomic E-state index is 0. The average Bonchev–Trinajstić information content (AvgIpc) is 2.32. The van der Waals surface area contributed by atoms with E-state index in [1.807, 2.05) is 18.2 Å². The van der Waals surface area contributed by atoms with E-state index in [0.29, 0.717) is 12.5 Å². The maximum atomic E-state index is 5.66. The van der Waals surface area contributed by atoms with E-state index in [0.717, 1.165) is 25.4 Å². The molecule has 2 heterocycles. The van der Waals surface area contributed by atoms with Crippen LogP contribution in [0.5, 0.6) is 0 Å². The number of aromatic nitrogens is 1. The lowest BCUT2D eigenvalue weighted by molar-refractivity contribution is 0.0763. The molecule has 1 aliphatic rings. The molecule has 0 spiro atoms. The summed E-state index contributed by atoms with van der Waals surface area (Å²) >= 11 is 0. The number of rotatable bonds is 4. The fraction of sp³-hybridized carbons (Fsp3) is 0.583. The van der Waals surface area contributed by atoms with Crippen molar-refractivity contribution in [3.05, 3.63) is 30.1 Å². The molecule has 1 N–H and O–H groups in total. The van der Waals surface area contributed by atoms with Crippen molar-refractivity contribution < 1.29 is 4.74 Å². The number of nitrogens with one attached hydrogen (secondary N) is 1. The Hall–Kier alpha value is -0.350. The van der Waals surface area contributed by atoms with Crippen LogP contribution in [0.4, 0.5) is 0 Å². The lowest BCUT2D eigenvalue weighted by Crippen LogP contribution is -2.32. The van der Waals surface area contributed by atoms with Crippen LogP contribution in [0.3, 0.4) is 0 Å². The van der Waals surface area contributed by atoms with E-state index in [-0.39, 0.29) is 24.8 Å². The summed E-state index contributed by atoms with van der Waals surface area (Å²) < 4.78 is 5.66. The van der Waals surface area contributed by atoms with Crippen LogP contribution in [0.15, 0.2) is 24.4 Å². The van der Waals surface area contributed by atoms with Crippen LogP contribution in [-0.2, 0) is 11.3 Å². The smallest absolute Gasteiger partial charge is 0.0887 e. The Morgan fingerprint density at radius 2 is 2.24 bits per heavy atom. The van der Waals surface area contributed by atoms with Gasteiger partial charge in [-0.25, -0.2) is 0 Å². The van der Waals surface area contributed by atoms with Crippen LogP contribution in [0, 0.1) is 5.92 Å². The summed E-state index contributed by atoms with van der Waals surface area (Å²) in [4.78, 5) is 4.22. The molecule has 1 aliphatic heterocycles. The molecule has 0 bridgehead atoms. The highest BCUT2D eigenvalue weighted by molar-refractivity contribution is 5.85. The van der Waals surface area contributed by atoms with Gasteiger partial charge in [0.15, 0.2) is 0 Å². The molecule has 0 aromatic carbocycles. The monoisotopic (exact) mass is 278 g/mol. The number of pyridine rings is 1. The summed E-state index contributed by atoms with van der Waals surface area (Å²) in [6.07, 6.45) is 4.37. The van der Waals surface area contributed by atoms with E-state index in [4.69, 9.17) is 4.74 Å². The number of hydrogen-bond donors (Lipinski definition) is 1. The van der Waals surface area contributed by atoms with E-state index in [9.17, 15) is 0 Å². The lowest BCUT2D eigenvalue weighted by atomic mass is 10.0. The van der Waals surface area contributed by atoms with Crippen molar-refractivity contribution in [2.75, 3.05) is 19.7 Å². The van der Waals surface area contributed by atoms with E-state index in [1.165, 1.54) is 12.8 Å². The third kappa shape index (κ3) is 6.22. The first-order chi connectivity index (χ1) is 7.45. The van der Waals surface area contributed by atoms with Crippen molar-refractivity contribution in [2.24, 2.45) is 5.92 Å². The third-order valence-corrected chi connectivity index (χ3v) is 2.73. The molecule has 3 nitrogen and oxygen atoms in total. The van der Waals surface area contributed by atoms with Crippen LogP contribution < -0.4 is 5.32 Å². The SMILES string of the molecule is Cl.Cl.c1ccc(COCC2CCCNC2)nc1. The van der Waals surface area contributed by atoms with Gasteiger partial charge in [-0.3, -0.25) is 4.98 Å². The second kappa shape index (κ2) is 9.66. The Morgan fingerprint density at radius 1 is 1.35 bits per heavy atom. The summed E-state index contributed by atoms with van der Waals surface area (Å²) in [6.45, 7) is 3.75. The number of ether oxygens (including phenoxy) is 1. The predicted molar refractivity (Wildman–Crippen MR) is 74.0 cm³/mol. The van der Waals surface area contributed by atoms with Gasteiger partial charge in [0.1, 0.15) is 0 Å². The van der Waals surface area contributed by atoms with E-state index in [2.05, 4.69) is 10.3 Å². The summed E-state index contributed by atoms with van der Waals surface area (Å²) in [7, 11) is 0. The molecule has 2 rings (SSSR count). The first-order valence-corrected chi connectivity index (χ1v) is 5.63. The van der Waals surface area contributed by atoms with Crippen LogP contribution in [0.1, 0.15) is 18.5 Å². The fourth-order valence-corrected chi connectivity index (χ4v) is 1.88. The second-order valence-electron chi connectivity index (χ2n) is 4.05.